The molecule has 0 atom stereocenters. The van der Waals surface area contributed by atoms with Crippen LogP contribution < -0.4 is 10.6 Å². The Morgan fingerprint density at radius 1 is 1.07 bits per heavy atom. The predicted molar refractivity (Wildman–Crippen MR) is 108 cm³/mol. The van der Waals surface area contributed by atoms with Crippen LogP contribution in [0.2, 0.25) is 5.02 Å². The van der Waals surface area contributed by atoms with Crippen molar-refractivity contribution in [1.82, 2.24) is 10.1 Å². The monoisotopic (exact) mass is 398 g/mol. The van der Waals surface area contributed by atoms with Crippen molar-refractivity contribution in [1.29, 1.82) is 0 Å². The lowest BCUT2D eigenvalue weighted by atomic mass is 10.1. The van der Waals surface area contributed by atoms with Crippen molar-refractivity contribution in [2.75, 3.05) is 36.8 Å². The van der Waals surface area contributed by atoms with E-state index in [2.05, 4.69) is 10.1 Å². The van der Waals surface area contributed by atoms with E-state index >= 15 is 0 Å². The van der Waals surface area contributed by atoms with Gasteiger partial charge in [0, 0.05) is 37.4 Å². The number of nitrogens with zero attached hydrogens (tertiary/aromatic N) is 3. The zero-order valence-corrected chi connectivity index (χ0v) is 15.8. The first-order chi connectivity index (χ1) is 13.5. The van der Waals surface area contributed by atoms with Crippen molar-refractivity contribution in [2.24, 2.45) is 0 Å². The highest BCUT2D eigenvalue weighted by Crippen LogP contribution is 2.33. The summed E-state index contributed by atoms with van der Waals surface area (Å²) < 4.78 is 5.11. The van der Waals surface area contributed by atoms with Crippen LogP contribution in [0, 0.1) is 0 Å². The second kappa shape index (κ2) is 7.44. The Morgan fingerprint density at radius 3 is 2.43 bits per heavy atom. The van der Waals surface area contributed by atoms with Gasteiger partial charge in [0.05, 0.1) is 5.02 Å². The Balaban J connectivity index is 1.53. The summed E-state index contributed by atoms with van der Waals surface area (Å²) in [4.78, 5) is 17.0. The van der Waals surface area contributed by atoms with Gasteiger partial charge in [-0.2, -0.15) is 0 Å². The average molecular weight is 399 g/mol. The second-order valence-electron chi connectivity index (χ2n) is 6.55. The van der Waals surface area contributed by atoms with Crippen LogP contribution in [0.1, 0.15) is 10.4 Å². The maximum atomic E-state index is 13.1. The molecule has 8 heteroatoms. The minimum Gasteiger partial charge on any atom is -0.508 e. The molecule has 1 fully saturated rings. The zero-order chi connectivity index (χ0) is 19.7. The number of amides is 1. The molecule has 2 heterocycles. The van der Waals surface area contributed by atoms with Gasteiger partial charge in [-0.1, -0.05) is 35.0 Å². The van der Waals surface area contributed by atoms with Crippen LogP contribution in [0.15, 0.2) is 53.1 Å². The molecule has 1 amide bonds. The maximum absolute atomic E-state index is 13.1. The molecule has 4 rings (SSSR count). The van der Waals surface area contributed by atoms with Gasteiger partial charge in [0.2, 0.25) is 5.88 Å². The number of aromatic hydroxyl groups is 1. The molecule has 3 N–H and O–H groups in total. The van der Waals surface area contributed by atoms with Crippen LogP contribution in [0.5, 0.6) is 5.75 Å². The number of phenolic OH excluding ortho intramolecular Hbond substituents is 1. The molecule has 1 aromatic heterocycles. The van der Waals surface area contributed by atoms with Crippen molar-refractivity contribution in [3.8, 4) is 17.0 Å². The lowest BCUT2D eigenvalue weighted by Crippen LogP contribution is -2.49. The number of nitrogen functional groups attached to an aromatic ring is 1. The van der Waals surface area contributed by atoms with Gasteiger partial charge in [-0.15, -0.1) is 0 Å². The topological polar surface area (TPSA) is 95.8 Å². The lowest BCUT2D eigenvalue weighted by Gasteiger charge is -2.36. The van der Waals surface area contributed by atoms with Crippen LogP contribution in [0.25, 0.3) is 11.3 Å². The molecule has 7 nitrogen and oxygen atoms in total. The Labute approximate surface area is 166 Å². The van der Waals surface area contributed by atoms with Gasteiger partial charge in [-0.05, 0) is 30.3 Å². The smallest absolute Gasteiger partial charge is 0.261 e. The SMILES string of the molecule is Nc1onc(-c2ccccc2Cl)c1C(=O)N1CCN(c2ccc(O)cc2)CC1. The van der Waals surface area contributed by atoms with Crippen LogP contribution in [-0.4, -0.2) is 47.2 Å². The predicted octanol–water partition coefficient (Wildman–Crippen LogP) is 3.25. The average Bonchev–Trinajstić information content (AvgIpc) is 3.10. The van der Waals surface area contributed by atoms with Gasteiger partial charge >= 0.3 is 0 Å². The number of nitrogens with two attached hydrogens (primary N) is 1. The molecule has 3 aromatic rings. The van der Waals surface area contributed by atoms with Gasteiger partial charge in [0.1, 0.15) is 17.0 Å². The summed E-state index contributed by atoms with van der Waals surface area (Å²) >= 11 is 6.26. The number of aromatic nitrogens is 1. The number of anilines is 2. The summed E-state index contributed by atoms with van der Waals surface area (Å²) in [5.41, 5.74) is 8.13. The second-order valence-corrected chi connectivity index (χ2v) is 6.95. The zero-order valence-electron chi connectivity index (χ0n) is 15.0. The van der Waals surface area contributed by atoms with E-state index in [1.54, 1.807) is 35.2 Å². The highest BCUT2D eigenvalue weighted by atomic mass is 35.5. The van der Waals surface area contributed by atoms with Gasteiger partial charge in [-0.3, -0.25) is 4.79 Å². The number of hydrogen-bond acceptors (Lipinski definition) is 6. The molecule has 0 radical (unpaired) electrons. The molecule has 2 aromatic carbocycles. The van der Waals surface area contributed by atoms with Crippen molar-refractivity contribution in [3.63, 3.8) is 0 Å². The van der Waals surface area contributed by atoms with E-state index in [0.29, 0.717) is 42.5 Å². The molecule has 0 spiro atoms. The van der Waals surface area contributed by atoms with E-state index in [4.69, 9.17) is 21.9 Å². The van der Waals surface area contributed by atoms with Crippen LogP contribution in [-0.2, 0) is 0 Å². The minimum atomic E-state index is -0.223. The Morgan fingerprint density at radius 2 is 1.75 bits per heavy atom. The first-order valence-corrected chi connectivity index (χ1v) is 9.25. The first-order valence-electron chi connectivity index (χ1n) is 8.88. The molecule has 0 aliphatic carbocycles. The van der Waals surface area contributed by atoms with Crippen molar-refractivity contribution >= 4 is 29.1 Å². The summed E-state index contributed by atoms with van der Waals surface area (Å²) in [5, 5.41) is 13.9. The summed E-state index contributed by atoms with van der Waals surface area (Å²) in [6.07, 6.45) is 0. The summed E-state index contributed by atoms with van der Waals surface area (Å²) in [5.74, 6) is -0.00694. The third-order valence-electron chi connectivity index (χ3n) is 4.84. The minimum absolute atomic E-state index is 0.0131. The van der Waals surface area contributed by atoms with Crippen LogP contribution in [0.4, 0.5) is 11.6 Å². The first kappa shape index (κ1) is 18.2. The van der Waals surface area contributed by atoms with Gasteiger partial charge in [0.25, 0.3) is 5.91 Å². The molecule has 1 aliphatic heterocycles. The third-order valence-corrected chi connectivity index (χ3v) is 5.17. The number of benzene rings is 2. The van der Waals surface area contributed by atoms with Gasteiger partial charge in [0.15, 0.2) is 0 Å². The fourth-order valence-electron chi connectivity index (χ4n) is 3.34. The van der Waals surface area contributed by atoms with E-state index in [9.17, 15) is 9.90 Å². The van der Waals surface area contributed by atoms with Gasteiger partial charge in [-0.25, -0.2) is 0 Å². The number of phenols is 1. The largest absolute Gasteiger partial charge is 0.508 e. The lowest BCUT2D eigenvalue weighted by molar-refractivity contribution is 0.0748. The normalized spacial score (nSPS) is 14.3. The number of rotatable bonds is 3. The molecule has 0 unspecified atom stereocenters. The van der Waals surface area contributed by atoms with E-state index in [1.165, 1.54) is 0 Å². The number of carbonyl (C=O) groups excluding carboxylic acids is 1. The number of halogens is 1. The highest BCUT2D eigenvalue weighted by Gasteiger charge is 2.30. The number of carbonyl (C=O) groups is 1. The molecule has 1 aliphatic rings. The fraction of sp³-hybridized carbons (Fsp3) is 0.200. The van der Waals surface area contributed by atoms with Gasteiger partial charge < -0.3 is 25.2 Å². The van der Waals surface area contributed by atoms with Crippen LogP contribution >= 0.6 is 11.6 Å². The van der Waals surface area contributed by atoms with Crippen molar-refractivity contribution in [2.45, 2.75) is 0 Å². The summed E-state index contributed by atoms with van der Waals surface area (Å²) in [7, 11) is 0. The molecular weight excluding hydrogens is 380 g/mol. The van der Waals surface area contributed by atoms with E-state index < -0.39 is 0 Å². The summed E-state index contributed by atoms with van der Waals surface area (Å²) in [6.45, 7) is 2.41. The summed E-state index contributed by atoms with van der Waals surface area (Å²) in [6, 6.07) is 14.2. The molecule has 0 bridgehead atoms. The Kier molecular flexibility index (Phi) is 4.83. The Hall–Kier alpha value is -3.19. The third kappa shape index (κ3) is 3.36. The van der Waals surface area contributed by atoms with E-state index in [1.807, 2.05) is 18.2 Å². The van der Waals surface area contributed by atoms with E-state index in [0.717, 1.165) is 5.69 Å². The molecule has 0 saturated carbocycles. The molecule has 28 heavy (non-hydrogen) atoms. The number of piperazine rings is 1. The highest BCUT2D eigenvalue weighted by molar-refractivity contribution is 6.33. The number of hydrogen-bond donors (Lipinski definition) is 2. The Bertz CT molecular complexity index is 995. The van der Waals surface area contributed by atoms with Crippen LogP contribution in [0.3, 0.4) is 0 Å². The maximum Gasteiger partial charge on any atom is 0.261 e. The quantitative estimate of drug-likeness (QED) is 0.703. The van der Waals surface area contributed by atoms with Crippen molar-refractivity contribution in [3.05, 3.63) is 59.1 Å². The molecular formula is C20H19ClN4O3. The van der Waals surface area contributed by atoms with E-state index in [-0.39, 0.29) is 23.1 Å². The fourth-order valence-corrected chi connectivity index (χ4v) is 3.56. The molecule has 1 saturated heterocycles. The van der Waals surface area contributed by atoms with Crippen molar-refractivity contribution < 1.29 is 14.4 Å². The molecule has 144 valence electrons. The standard InChI is InChI=1S/C20H19ClN4O3/c21-16-4-2-1-3-15(16)18-17(19(22)28-23-18)20(27)25-11-9-24(10-12-25)13-5-7-14(26)8-6-13/h1-8,26H,9-12,22H2.